The molecule has 0 radical (unpaired) electrons. The molecule has 160 valence electrons. The van der Waals surface area contributed by atoms with Gasteiger partial charge < -0.3 is 10.4 Å². The third-order valence-electron chi connectivity index (χ3n) is 5.94. The summed E-state index contributed by atoms with van der Waals surface area (Å²) in [6.07, 6.45) is 3.14. The highest BCUT2D eigenvalue weighted by Gasteiger charge is 2.32. The second-order valence-corrected chi connectivity index (χ2v) is 7.96. The average molecular weight is 429 g/mol. The van der Waals surface area contributed by atoms with Crippen molar-refractivity contribution in [3.05, 3.63) is 101 Å². The fourth-order valence-electron chi connectivity index (χ4n) is 4.28. The van der Waals surface area contributed by atoms with E-state index in [2.05, 4.69) is 10.3 Å². The van der Waals surface area contributed by atoms with Crippen LogP contribution in [0.4, 0.5) is 10.1 Å². The second-order valence-electron chi connectivity index (χ2n) is 7.96. The number of anilines is 1. The van der Waals surface area contributed by atoms with Crippen molar-refractivity contribution < 1.29 is 19.1 Å². The molecule has 0 aliphatic heterocycles. The zero-order valence-electron chi connectivity index (χ0n) is 17.0. The number of aliphatic hydroxyl groups is 1. The molecule has 32 heavy (non-hydrogen) atoms. The molecule has 1 aliphatic rings. The second kappa shape index (κ2) is 8.01. The van der Waals surface area contributed by atoms with Crippen molar-refractivity contribution >= 4 is 23.0 Å². The normalized spacial score (nSPS) is 17.3. The summed E-state index contributed by atoms with van der Waals surface area (Å²) in [5.41, 5.74) is 2.94. The molecule has 2 unspecified atom stereocenters. The Balaban J connectivity index is 1.34. The van der Waals surface area contributed by atoms with E-state index in [1.54, 1.807) is 28.8 Å². The molecular formula is C25H20FN3O3. The predicted octanol–water partition coefficient (Wildman–Crippen LogP) is 4.20. The lowest BCUT2D eigenvalue weighted by Crippen LogP contribution is -2.16. The van der Waals surface area contributed by atoms with Gasteiger partial charge in [0.05, 0.1) is 18.0 Å². The standard InChI is InChI=1S/C25H20FN3O3/c26-19-9-8-16(22(30)13-17-11-15-5-1-2-6-18(15)24(17)31)12-20(19)28-25(32)21-14-27-23-7-3-4-10-29(21)23/h1-10,12,14,17,24,31H,11,13H2,(H,28,32). The Morgan fingerprint density at radius 3 is 2.78 bits per heavy atom. The summed E-state index contributed by atoms with van der Waals surface area (Å²) >= 11 is 0. The van der Waals surface area contributed by atoms with Gasteiger partial charge in [-0.05, 0) is 47.9 Å². The van der Waals surface area contributed by atoms with Crippen LogP contribution in [0, 0.1) is 11.7 Å². The number of aromatic nitrogens is 2. The molecule has 0 spiro atoms. The smallest absolute Gasteiger partial charge is 0.274 e. The number of ketones is 1. The highest BCUT2D eigenvalue weighted by atomic mass is 19.1. The number of aliphatic hydroxyl groups excluding tert-OH is 1. The fraction of sp³-hybridized carbons (Fsp3) is 0.160. The largest absolute Gasteiger partial charge is 0.388 e. The topological polar surface area (TPSA) is 83.7 Å². The number of benzene rings is 2. The van der Waals surface area contributed by atoms with E-state index in [0.717, 1.165) is 17.2 Å². The van der Waals surface area contributed by atoms with Gasteiger partial charge in [0.2, 0.25) is 0 Å². The van der Waals surface area contributed by atoms with Crippen LogP contribution in [-0.4, -0.2) is 26.2 Å². The van der Waals surface area contributed by atoms with Crippen LogP contribution in [0.25, 0.3) is 5.65 Å². The van der Waals surface area contributed by atoms with Crippen molar-refractivity contribution in [2.24, 2.45) is 5.92 Å². The predicted molar refractivity (Wildman–Crippen MR) is 117 cm³/mol. The third kappa shape index (κ3) is 3.56. The number of imidazole rings is 1. The minimum Gasteiger partial charge on any atom is -0.388 e. The molecule has 7 heteroatoms. The molecule has 1 amide bonds. The Morgan fingerprint density at radius 2 is 1.94 bits per heavy atom. The summed E-state index contributed by atoms with van der Waals surface area (Å²) < 4.78 is 16.0. The molecule has 4 aromatic rings. The Labute approximate surface area is 183 Å². The lowest BCUT2D eigenvalue weighted by atomic mass is 9.94. The van der Waals surface area contributed by atoms with E-state index in [1.807, 2.05) is 24.3 Å². The summed E-state index contributed by atoms with van der Waals surface area (Å²) in [4.78, 5) is 29.8. The van der Waals surface area contributed by atoms with Crippen LogP contribution in [0.1, 0.15) is 44.5 Å². The van der Waals surface area contributed by atoms with Crippen LogP contribution in [0.15, 0.2) is 73.1 Å². The minimum absolute atomic E-state index is 0.0815. The van der Waals surface area contributed by atoms with Gasteiger partial charge >= 0.3 is 0 Å². The maximum Gasteiger partial charge on any atom is 0.274 e. The average Bonchev–Trinajstić information content (AvgIpc) is 3.37. The molecule has 2 aromatic carbocycles. The minimum atomic E-state index is -0.704. The van der Waals surface area contributed by atoms with Crippen LogP contribution in [0.3, 0.4) is 0 Å². The summed E-state index contributed by atoms with van der Waals surface area (Å²) in [5, 5.41) is 13.1. The maximum atomic E-state index is 14.4. The summed E-state index contributed by atoms with van der Waals surface area (Å²) in [5.74, 6) is -1.63. The lowest BCUT2D eigenvalue weighted by molar-refractivity contribution is 0.0840. The van der Waals surface area contributed by atoms with E-state index in [4.69, 9.17) is 0 Å². The Bertz CT molecular complexity index is 1350. The molecule has 2 atom stereocenters. The van der Waals surface area contributed by atoms with Crippen LogP contribution in [0.5, 0.6) is 0 Å². The number of nitrogens with one attached hydrogen (secondary N) is 1. The van der Waals surface area contributed by atoms with Crippen LogP contribution < -0.4 is 5.32 Å². The summed E-state index contributed by atoms with van der Waals surface area (Å²) in [6.45, 7) is 0. The lowest BCUT2D eigenvalue weighted by Gasteiger charge is -2.15. The van der Waals surface area contributed by atoms with Crippen molar-refractivity contribution in [3.8, 4) is 0 Å². The van der Waals surface area contributed by atoms with E-state index < -0.39 is 17.8 Å². The molecule has 0 bridgehead atoms. The number of fused-ring (bicyclic) bond motifs is 2. The highest BCUT2D eigenvalue weighted by molar-refractivity contribution is 6.04. The van der Waals surface area contributed by atoms with Gasteiger partial charge in [0, 0.05) is 24.1 Å². The van der Waals surface area contributed by atoms with Gasteiger partial charge in [-0.2, -0.15) is 0 Å². The Morgan fingerprint density at radius 1 is 1.12 bits per heavy atom. The number of carbonyl (C=O) groups is 2. The van der Waals surface area contributed by atoms with E-state index in [1.165, 1.54) is 18.3 Å². The van der Waals surface area contributed by atoms with Gasteiger partial charge in [-0.25, -0.2) is 9.37 Å². The molecular weight excluding hydrogens is 409 g/mol. The molecule has 2 N–H and O–H groups in total. The summed E-state index contributed by atoms with van der Waals surface area (Å²) in [6, 6.07) is 16.8. The molecule has 2 aromatic heterocycles. The number of nitrogens with zero attached hydrogens (tertiary/aromatic N) is 2. The molecule has 2 heterocycles. The first-order valence-corrected chi connectivity index (χ1v) is 10.3. The molecule has 6 nitrogen and oxygen atoms in total. The summed E-state index contributed by atoms with van der Waals surface area (Å²) in [7, 11) is 0. The molecule has 5 rings (SSSR count). The number of rotatable bonds is 5. The number of amides is 1. The van der Waals surface area contributed by atoms with Crippen molar-refractivity contribution in [1.82, 2.24) is 9.38 Å². The maximum absolute atomic E-state index is 14.4. The van der Waals surface area contributed by atoms with Gasteiger partial charge in [-0.1, -0.05) is 30.3 Å². The molecule has 0 saturated carbocycles. The number of hydrogen-bond acceptors (Lipinski definition) is 4. The van der Waals surface area contributed by atoms with Crippen LogP contribution in [-0.2, 0) is 6.42 Å². The fourth-order valence-corrected chi connectivity index (χ4v) is 4.28. The first kappa shape index (κ1) is 20.1. The van der Waals surface area contributed by atoms with Gasteiger partial charge in [0.15, 0.2) is 5.78 Å². The van der Waals surface area contributed by atoms with Gasteiger partial charge in [0.1, 0.15) is 17.2 Å². The van der Waals surface area contributed by atoms with E-state index >= 15 is 0 Å². The van der Waals surface area contributed by atoms with Crippen molar-refractivity contribution in [3.63, 3.8) is 0 Å². The number of pyridine rings is 1. The molecule has 0 saturated heterocycles. The first-order chi connectivity index (χ1) is 15.5. The number of carbonyl (C=O) groups excluding carboxylic acids is 2. The van der Waals surface area contributed by atoms with E-state index in [9.17, 15) is 19.1 Å². The Kier molecular flexibility index (Phi) is 5.03. The van der Waals surface area contributed by atoms with Crippen molar-refractivity contribution in [2.45, 2.75) is 18.9 Å². The molecule has 1 aliphatic carbocycles. The van der Waals surface area contributed by atoms with Crippen molar-refractivity contribution in [1.29, 1.82) is 0 Å². The highest BCUT2D eigenvalue weighted by Crippen LogP contribution is 2.38. The quantitative estimate of drug-likeness (QED) is 0.466. The Hall–Kier alpha value is -3.84. The number of halogens is 1. The first-order valence-electron chi connectivity index (χ1n) is 10.3. The zero-order chi connectivity index (χ0) is 22.2. The van der Waals surface area contributed by atoms with E-state index in [-0.39, 0.29) is 35.1 Å². The van der Waals surface area contributed by atoms with Gasteiger partial charge in [0.25, 0.3) is 5.91 Å². The zero-order valence-corrected chi connectivity index (χ0v) is 17.0. The monoisotopic (exact) mass is 429 g/mol. The number of hydrogen-bond donors (Lipinski definition) is 2. The SMILES string of the molecule is O=C(CC1Cc2ccccc2C1O)c1ccc(F)c(NC(=O)c2cnc3ccccn23)c1. The van der Waals surface area contributed by atoms with Crippen LogP contribution in [0.2, 0.25) is 0 Å². The van der Waals surface area contributed by atoms with Gasteiger partial charge in [-0.3, -0.25) is 14.0 Å². The number of Topliss-reactive ketones (excluding diaryl/α,β-unsaturated/α-hetero) is 1. The third-order valence-corrected chi connectivity index (χ3v) is 5.94. The van der Waals surface area contributed by atoms with Gasteiger partial charge in [-0.15, -0.1) is 0 Å². The van der Waals surface area contributed by atoms with Crippen molar-refractivity contribution in [2.75, 3.05) is 5.32 Å². The van der Waals surface area contributed by atoms with Crippen LogP contribution >= 0.6 is 0 Å². The van der Waals surface area contributed by atoms with E-state index in [0.29, 0.717) is 12.1 Å². The molecule has 0 fully saturated rings.